The maximum Gasteiger partial charge on any atom is 0.466 e. The van der Waals surface area contributed by atoms with Crippen LogP contribution in [0.15, 0.2) is 12.4 Å². The topological polar surface area (TPSA) is 86.6 Å². The third-order valence-corrected chi connectivity index (χ3v) is 1.74. The molecule has 6 nitrogen and oxygen atoms in total. The van der Waals surface area contributed by atoms with Crippen LogP contribution < -0.4 is 4.57 Å². The van der Waals surface area contributed by atoms with Crippen molar-refractivity contribution < 1.29 is 23.8 Å². The van der Waals surface area contributed by atoms with E-state index in [1.165, 1.54) is 5.82 Å². The Balaban J connectivity index is 0.000000292. The van der Waals surface area contributed by atoms with Crippen molar-refractivity contribution in [2.45, 2.75) is 20.4 Å². The van der Waals surface area contributed by atoms with Crippen molar-refractivity contribution >= 4 is 7.82 Å². The maximum atomic E-state index is 8.88. The molecule has 14 heavy (non-hydrogen) atoms. The molecule has 82 valence electrons. The first kappa shape index (κ1) is 13.3. The summed E-state index contributed by atoms with van der Waals surface area (Å²) >= 11 is 0. The van der Waals surface area contributed by atoms with Crippen LogP contribution in [0.5, 0.6) is 0 Å². The summed E-state index contributed by atoms with van der Waals surface area (Å²) < 4.78 is 13.2. The quantitative estimate of drug-likeness (QED) is 0.451. The van der Waals surface area contributed by atoms with Crippen molar-refractivity contribution in [3.63, 3.8) is 0 Å². The number of hydrogen-bond donors (Lipinski definition) is 3. The number of aryl methyl sites for hydroxylation is 2. The summed E-state index contributed by atoms with van der Waals surface area (Å²) in [5, 5.41) is 0. The minimum absolute atomic E-state index is 1.06. The van der Waals surface area contributed by atoms with Gasteiger partial charge in [0.15, 0.2) is 0 Å². The van der Waals surface area contributed by atoms with E-state index in [1.54, 1.807) is 0 Å². The van der Waals surface area contributed by atoms with E-state index in [4.69, 9.17) is 19.2 Å². The predicted octanol–water partition coefficient (Wildman–Crippen LogP) is -0.288. The van der Waals surface area contributed by atoms with Crippen LogP contribution in [0.25, 0.3) is 0 Å². The van der Waals surface area contributed by atoms with Gasteiger partial charge in [-0.3, -0.25) is 0 Å². The molecule has 1 aromatic heterocycles. The van der Waals surface area contributed by atoms with Gasteiger partial charge in [-0.05, 0) is 6.92 Å². The van der Waals surface area contributed by atoms with Crippen molar-refractivity contribution in [3.05, 3.63) is 18.2 Å². The minimum Gasteiger partial charge on any atom is -0.303 e. The van der Waals surface area contributed by atoms with Crippen LogP contribution in [0.4, 0.5) is 0 Å². The lowest BCUT2D eigenvalue weighted by Crippen LogP contribution is -2.29. The fourth-order valence-electron chi connectivity index (χ4n) is 0.933. The van der Waals surface area contributed by atoms with Crippen LogP contribution in [-0.4, -0.2) is 19.2 Å². The molecule has 0 atom stereocenters. The molecule has 0 aliphatic heterocycles. The normalized spacial score (nSPS) is 10.7. The molecule has 7 heteroatoms. The van der Waals surface area contributed by atoms with Gasteiger partial charge in [-0.2, -0.15) is 0 Å². The zero-order valence-electron chi connectivity index (χ0n) is 8.45. The first-order chi connectivity index (χ1) is 6.25. The zero-order chi connectivity index (χ0) is 11.4. The summed E-state index contributed by atoms with van der Waals surface area (Å²) in [6, 6.07) is 0. The van der Waals surface area contributed by atoms with E-state index in [2.05, 4.69) is 42.4 Å². The van der Waals surface area contributed by atoms with Gasteiger partial charge in [0.05, 0.1) is 13.6 Å². The van der Waals surface area contributed by atoms with Crippen molar-refractivity contribution in [2.75, 3.05) is 0 Å². The molecule has 0 amide bonds. The van der Waals surface area contributed by atoms with E-state index in [-0.39, 0.29) is 0 Å². The second-order valence-corrected chi connectivity index (χ2v) is 3.78. The Morgan fingerprint density at radius 3 is 2.07 bits per heavy atom. The number of nitrogens with zero attached hydrogens (tertiary/aromatic N) is 2. The molecule has 0 unspecified atom stereocenters. The van der Waals surface area contributed by atoms with Crippen LogP contribution in [0, 0.1) is 6.92 Å². The number of rotatable bonds is 1. The van der Waals surface area contributed by atoms with Gasteiger partial charge < -0.3 is 14.7 Å². The molecule has 3 N–H and O–H groups in total. The smallest absolute Gasteiger partial charge is 0.303 e. The van der Waals surface area contributed by atoms with Crippen LogP contribution in [0.3, 0.4) is 0 Å². The molecule has 0 spiro atoms. The Kier molecular flexibility index (Phi) is 5.01. The lowest BCUT2D eigenvalue weighted by Gasteiger charge is -1.90. The molecule has 0 fully saturated rings. The molecule has 1 aromatic rings. The van der Waals surface area contributed by atoms with E-state index in [9.17, 15) is 0 Å². The monoisotopic (exact) mass is 223 g/mol. The van der Waals surface area contributed by atoms with Crippen molar-refractivity contribution in [1.29, 1.82) is 0 Å². The van der Waals surface area contributed by atoms with Gasteiger partial charge in [0.1, 0.15) is 12.4 Å². The highest BCUT2D eigenvalue weighted by atomic mass is 31.2. The molecule has 0 bridgehead atoms. The Morgan fingerprint density at radius 1 is 1.50 bits per heavy atom. The third-order valence-electron chi connectivity index (χ3n) is 1.74. The second kappa shape index (κ2) is 5.26. The third kappa shape index (κ3) is 5.88. The Morgan fingerprint density at radius 2 is 1.93 bits per heavy atom. The summed E-state index contributed by atoms with van der Waals surface area (Å²) in [7, 11) is -2.58. The van der Waals surface area contributed by atoms with Crippen LogP contribution in [0.1, 0.15) is 12.7 Å². The molecule has 1 rings (SSSR count). The number of aromatic nitrogens is 2. The van der Waals surface area contributed by atoms with Gasteiger partial charge in [-0.1, -0.05) is 0 Å². The molecule has 0 saturated carbocycles. The molecule has 0 aliphatic carbocycles. The number of imidazole rings is 1. The van der Waals surface area contributed by atoms with Crippen LogP contribution in [-0.2, 0) is 18.2 Å². The first-order valence-electron chi connectivity index (χ1n) is 4.05. The van der Waals surface area contributed by atoms with E-state index in [1.807, 2.05) is 0 Å². The summed E-state index contributed by atoms with van der Waals surface area (Å²) in [6.07, 6.45) is 4.16. The standard InChI is InChI=1S/C7H13N2.H3O4P/c1-4-9-6-5-8(3)7(9)2;1-5(2,3)4/h5-6H,4H2,1-3H3;(H3,1,2,3,4)/q+1;. The maximum absolute atomic E-state index is 8.88. The fourth-order valence-corrected chi connectivity index (χ4v) is 0.933. The number of hydrogen-bond acceptors (Lipinski definition) is 1. The average Bonchev–Trinajstić information content (AvgIpc) is 2.30. The van der Waals surface area contributed by atoms with Gasteiger partial charge in [-0.15, -0.1) is 0 Å². The zero-order valence-corrected chi connectivity index (χ0v) is 9.35. The summed E-state index contributed by atoms with van der Waals surface area (Å²) in [4.78, 5) is 21.6. The Labute approximate surface area is 82.7 Å². The molecule has 0 radical (unpaired) electrons. The highest BCUT2D eigenvalue weighted by Crippen LogP contribution is 2.25. The van der Waals surface area contributed by atoms with Gasteiger partial charge >= 0.3 is 7.82 Å². The molecule has 0 aromatic carbocycles. The van der Waals surface area contributed by atoms with Crippen LogP contribution in [0.2, 0.25) is 0 Å². The molecule has 0 saturated heterocycles. The molecular weight excluding hydrogens is 207 g/mol. The SMILES string of the molecule is CCn1cc[n+](C)c1C.O=P(O)(O)O. The highest BCUT2D eigenvalue weighted by Gasteiger charge is 2.04. The van der Waals surface area contributed by atoms with Crippen molar-refractivity contribution in [1.82, 2.24) is 4.57 Å². The highest BCUT2D eigenvalue weighted by molar-refractivity contribution is 7.45. The lowest BCUT2D eigenvalue weighted by molar-refractivity contribution is -0.677. The number of phosphoric acid groups is 1. The predicted molar refractivity (Wildman–Crippen MR) is 50.3 cm³/mol. The van der Waals surface area contributed by atoms with E-state index in [0.717, 1.165) is 6.54 Å². The van der Waals surface area contributed by atoms with E-state index >= 15 is 0 Å². The van der Waals surface area contributed by atoms with Gasteiger partial charge in [0, 0.05) is 6.92 Å². The Bertz CT molecular complexity index is 322. The van der Waals surface area contributed by atoms with Crippen molar-refractivity contribution in [2.24, 2.45) is 7.05 Å². The minimum atomic E-state index is -4.64. The lowest BCUT2D eigenvalue weighted by atomic mass is 10.6. The first-order valence-corrected chi connectivity index (χ1v) is 5.62. The second-order valence-electron chi connectivity index (χ2n) is 2.76. The summed E-state index contributed by atoms with van der Waals surface area (Å²) in [5.74, 6) is 1.30. The van der Waals surface area contributed by atoms with Gasteiger partial charge in [-0.25, -0.2) is 13.7 Å². The van der Waals surface area contributed by atoms with Gasteiger partial charge in [0.2, 0.25) is 0 Å². The molecular formula is C7H16N2O4P+. The molecule has 0 aliphatic rings. The average molecular weight is 223 g/mol. The Hall–Kier alpha value is -0.680. The summed E-state index contributed by atoms with van der Waals surface area (Å²) in [5.41, 5.74) is 0. The van der Waals surface area contributed by atoms with E-state index in [0.29, 0.717) is 0 Å². The largest absolute Gasteiger partial charge is 0.466 e. The van der Waals surface area contributed by atoms with E-state index < -0.39 is 7.82 Å². The van der Waals surface area contributed by atoms with Crippen LogP contribution >= 0.6 is 7.82 Å². The molecule has 1 heterocycles. The summed E-state index contributed by atoms with van der Waals surface area (Å²) in [6.45, 7) is 5.32. The fraction of sp³-hybridized carbons (Fsp3) is 0.571. The van der Waals surface area contributed by atoms with Crippen molar-refractivity contribution in [3.8, 4) is 0 Å². The van der Waals surface area contributed by atoms with Gasteiger partial charge in [0.25, 0.3) is 5.82 Å².